The number of hydrogen-bond donors (Lipinski definition) is 2. The van der Waals surface area contributed by atoms with E-state index < -0.39 is 0 Å². The number of carbonyl (C=O) groups is 1. The monoisotopic (exact) mass is 270 g/mol. The Hall–Kier alpha value is 0.160. The molecular weight excluding hydrogens is 255 g/mol. The van der Waals surface area contributed by atoms with Gasteiger partial charge in [0.05, 0.1) is 3.92 Å². The Morgan fingerprint density at radius 2 is 2.36 bits per heavy atom. The Bertz CT molecular complexity index is 119. The summed E-state index contributed by atoms with van der Waals surface area (Å²) in [5.41, 5.74) is 5.23. The summed E-state index contributed by atoms with van der Waals surface area (Å²) in [5.74, 6) is 0.109. The van der Waals surface area contributed by atoms with Crippen molar-refractivity contribution in [1.82, 2.24) is 5.32 Å². The zero-order valence-corrected chi connectivity index (χ0v) is 8.93. The Kier molecular flexibility index (Phi) is 6.94. The molecule has 3 N–H and O–H groups in total. The van der Waals surface area contributed by atoms with Crippen LogP contribution in [0.15, 0.2) is 0 Å². The van der Waals surface area contributed by atoms with Gasteiger partial charge in [0.1, 0.15) is 0 Å². The van der Waals surface area contributed by atoms with Crippen LogP contribution >= 0.6 is 22.6 Å². The third kappa shape index (κ3) is 5.43. The Balaban J connectivity index is 3.47. The minimum Gasteiger partial charge on any atom is -0.354 e. The molecule has 0 aliphatic heterocycles. The number of carbonyl (C=O) groups excluding carboxylic acids is 1. The predicted octanol–water partition coefficient (Wildman–Crippen LogP) is 0.665. The van der Waals surface area contributed by atoms with Crippen LogP contribution in [0.25, 0.3) is 0 Å². The van der Waals surface area contributed by atoms with Crippen molar-refractivity contribution < 1.29 is 4.79 Å². The Morgan fingerprint density at radius 1 is 1.73 bits per heavy atom. The van der Waals surface area contributed by atoms with E-state index in [4.69, 9.17) is 5.73 Å². The molecule has 0 saturated heterocycles. The van der Waals surface area contributed by atoms with E-state index in [2.05, 4.69) is 34.8 Å². The summed E-state index contributed by atoms with van der Waals surface area (Å²) in [7, 11) is 0. The van der Waals surface area contributed by atoms with E-state index in [1.54, 1.807) is 0 Å². The van der Waals surface area contributed by atoms with E-state index in [9.17, 15) is 4.79 Å². The van der Waals surface area contributed by atoms with Crippen LogP contribution in [0.3, 0.4) is 0 Å². The van der Waals surface area contributed by atoms with Crippen molar-refractivity contribution in [3.05, 3.63) is 0 Å². The van der Waals surface area contributed by atoms with Gasteiger partial charge in [-0.3, -0.25) is 4.79 Å². The number of nitrogens with two attached hydrogens (primary N) is 1. The van der Waals surface area contributed by atoms with Crippen LogP contribution in [-0.4, -0.2) is 22.9 Å². The lowest BCUT2D eigenvalue weighted by molar-refractivity contribution is -0.120. The van der Waals surface area contributed by atoms with Crippen molar-refractivity contribution in [1.29, 1.82) is 0 Å². The van der Waals surface area contributed by atoms with E-state index in [1.165, 1.54) is 0 Å². The van der Waals surface area contributed by atoms with Crippen LogP contribution in [-0.2, 0) is 4.79 Å². The highest BCUT2D eigenvalue weighted by Crippen LogP contribution is 2.07. The fourth-order valence-corrected chi connectivity index (χ4v) is 1.53. The first-order valence-corrected chi connectivity index (χ1v) is 5.08. The second-order valence-electron chi connectivity index (χ2n) is 2.34. The molecule has 0 unspecified atom stereocenters. The molecule has 0 saturated carbocycles. The highest BCUT2D eigenvalue weighted by Gasteiger charge is 2.11. The smallest absolute Gasteiger partial charge is 0.233 e. The van der Waals surface area contributed by atoms with Gasteiger partial charge in [0.2, 0.25) is 5.91 Å². The van der Waals surface area contributed by atoms with E-state index in [-0.39, 0.29) is 9.83 Å². The maximum atomic E-state index is 11.1. The van der Waals surface area contributed by atoms with E-state index in [0.717, 1.165) is 12.8 Å². The van der Waals surface area contributed by atoms with Crippen molar-refractivity contribution in [2.45, 2.75) is 23.7 Å². The van der Waals surface area contributed by atoms with E-state index in [1.807, 2.05) is 0 Å². The van der Waals surface area contributed by atoms with Gasteiger partial charge in [0.15, 0.2) is 0 Å². The molecule has 11 heavy (non-hydrogen) atoms. The van der Waals surface area contributed by atoms with E-state index >= 15 is 0 Å². The molecule has 0 rings (SSSR count). The summed E-state index contributed by atoms with van der Waals surface area (Å²) in [6, 6.07) is 0. The van der Waals surface area contributed by atoms with E-state index in [0.29, 0.717) is 13.1 Å². The number of halogens is 1. The standard InChI is InChI=1S/C7H15IN2O/c1-2-3-6(8)7(11)10-5-4-9/h6H,2-5,9H2,1H3,(H,10,11)/t6-/m1/s1. The average molecular weight is 270 g/mol. The highest BCUT2D eigenvalue weighted by molar-refractivity contribution is 14.1. The molecule has 0 heterocycles. The first-order valence-electron chi connectivity index (χ1n) is 3.84. The molecule has 0 aromatic carbocycles. The second-order valence-corrected chi connectivity index (χ2v) is 3.84. The zero-order valence-electron chi connectivity index (χ0n) is 6.77. The quantitative estimate of drug-likeness (QED) is 0.569. The second kappa shape index (κ2) is 6.84. The third-order valence-electron chi connectivity index (χ3n) is 1.27. The predicted molar refractivity (Wildman–Crippen MR) is 54.8 cm³/mol. The first kappa shape index (κ1) is 11.2. The number of amides is 1. The summed E-state index contributed by atoms with van der Waals surface area (Å²) in [5, 5.41) is 2.75. The molecule has 3 nitrogen and oxygen atoms in total. The Labute approximate surface area is 81.2 Å². The summed E-state index contributed by atoms with van der Waals surface area (Å²) >= 11 is 2.15. The highest BCUT2D eigenvalue weighted by atomic mass is 127. The van der Waals surface area contributed by atoms with Gasteiger partial charge in [-0.05, 0) is 6.42 Å². The normalized spacial score (nSPS) is 12.6. The van der Waals surface area contributed by atoms with Crippen molar-refractivity contribution in [3.8, 4) is 0 Å². The summed E-state index contributed by atoms with van der Waals surface area (Å²) in [6.45, 7) is 3.17. The Morgan fingerprint density at radius 3 is 2.82 bits per heavy atom. The molecule has 0 spiro atoms. The fraction of sp³-hybridized carbons (Fsp3) is 0.857. The first-order chi connectivity index (χ1) is 5.22. The average Bonchev–Trinajstić information content (AvgIpc) is 2.00. The van der Waals surface area contributed by atoms with Gasteiger partial charge in [0.25, 0.3) is 0 Å². The van der Waals surface area contributed by atoms with Gasteiger partial charge in [-0.25, -0.2) is 0 Å². The molecule has 1 atom stereocenters. The lowest BCUT2D eigenvalue weighted by Crippen LogP contribution is -2.34. The third-order valence-corrected chi connectivity index (χ3v) is 2.46. The number of alkyl halides is 1. The molecule has 0 aromatic heterocycles. The van der Waals surface area contributed by atoms with Crippen LogP contribution in [0.2, 0.25) is 0 Å². The molecule has 0 fully saturated rings. The van der Waals surface area contributed by atoms with Crippen molar-refractivity contribution in [2.24, 2.45) is 5.73 Å². The van der Waals surface area contributed by atoms with Gasteiger partial charge < -0.3 is 11.1 Å². The molecule has 0 aliphatic rings. The number of nitrogens with one attached hydrogen (secondary N) is 1. The zero-order chi connectivity index (χ0) is 8.69. The molecule has 4 heteroatoms. The van der Waals surface area contributed by atoms with Gasteiger partial charge in [0, 0.05) is 13.1 Å². The number of rotatable bonds is 5. The minimum absolute atomic E-state index is 0.101. The summed E-state index contributed by atoms with van der Waals surface area (Å²) < 4.78 is 0.101. The van der Waals surface area contributed by atoms with Gasteiger partial charge in [-0.2, -0.15) is 0 Å². The van der Waals surface area contributed by atoms with Crippen molar-refractivity contribution in [3.63, 3.8) is 0 Å². The SMILES string of the molecule is CCC[C@@H](I)C(=O)NCCN. The van der Waals surface area contributed by atoms with Gasteiger partial charge in [-0.15, -0.1) is 0 Å². The molecular formula is C7H15IN2O. The molecule has 1 amide bonds. The number of hydrogen-bond acceptors (Lipinski definition) is 2. The lowest BCUT2D eigenvalue weighted by atomic mass is 10.2. The fourth-order valence-electron chi connectivity index (χ4n) is 0.691. The summed E-state index contributed by atoms with van der Waals surface area (Å²) in [4.78, 5) is 11.1. The summed E-state index contributed by atoms with van der Waals surface area (Å²) in [6.07, 6.45) is 1.99. The lowest BCUT2D eigenvalue weighted by Gasteiger charge is -2.07. The van der Waals surface area contributed by atoms with Crippen LogP contribution in [0, 0.1) is 0 Å². The molecule has 0 aromatic rings. The largest absolute Gasteiger partial charge is 0.354 e. The van der Waals surface area contributed by atoms with Gasteiger partial charge in [-0.1, -0.05) is 35.9 Å². The molecule has 0 bridgehead atoms. The van der Waals surface area contributed by atoms with Crippen LogP contribution in [0.5, 0.6) is 0 Å². The maximum absolute atomic E-state index is 11.1. The van der Waals surface area contributed by atoms with Crippen molar-refractivity contribution >= 4 is 28.5 Å². The topological polar surface area (TPSA) is 55.1 Å². The van der Waals surface area contributed by atoms with Crippen LogP contribution < -0.4 is 11.1 Å². The maximum Gasteiger partial charge on any atom is 0.233 e. The molecule has 0 radical (unpaired) electrons. The minimum atomic E-state index is 0.101. The van der Waals surface area contributed by atoms with Crippen LogP contribution in [0.1, 0.15) is 19.8 Å². The van der Waals surface area contributed by atoms with Gasteiger partial charge >= 0.3 is 0 Å². The molecule has 66 valence electrons. The van der Waals surface area contributed by atoms with Crippen LogP contribution in [0.4, 0.5) is 0 Å². The molecule has 0 aliphatic carbocycles. The van der Waals surface area contributed by atoms with Crippen molar-refractivity contribution in [2.75, 3.05) is 13.1 Å².